The normalized spacial score (nSPS) is 18.8. The summed E-state index contributed by atoms with van der Waals surface area (Å²) in [6.07, 6.45) is 0.341. The van der Waals surface area contributed by atoms with E-state index in [-0.39, 0.29) is 29.0 Å². The van der Waals surface area contributed by atoms with Crippen molar-refractivity contribution in [2.75, 3.05) is 20.2 Å². The fraction of sp³-hybridized carbons (Fsp3) is 0.625. The summed E-state index contributed by atoms with van der Waals surface area (Å²) in [7, 11) is 1.57. The van der Waals surface area contributed by atoms with Crippen LogP contribution in [0.4, 0.5) is 0 Å². The first kappa shape index (κ1) is 16.5. The summed E-state index contributed by atoms with van der Waals surface area (Å²) in [5.74, 6) is 0.635. The lowest BCUT2D eigenvalue weighted by Gasteiger charge is -2.26. The van der Waals surface area contributed by atoms with Gasteiger partial charge in [0.25, 0.3) is 5.91 Å². The van der Waals surface area contributed by atoms with E-state index in [0.717, 1.165) is 0 Å². The summed E-state index contributed by atoms with van der Waals surface area (Å²) < 4.78 is 10.3. The Balaban J connectivity index is 1.91. The molecule has 1 aliphatic heterocycles. The molecule has 2 heterocycles. The molecule has 0 bridgehead atoms. The van der Waals surface area contributed by atoms with Gasteiger partial charge in [-0.15, -0.1) is 0 Å². The molecule has 1 saturated heterocycles. The van der Waals surface area contributed by atoms with Gasteiger partial charge >= 0.3 is 0 Å². The van der Waals surface area contributed by atoms with Crippen LogP contribution in [0, 0.1) is 5.41 Å². The van der Waals surface area contributed by atoms with Gasteiger partial charge < -0.3 is 19.4 Å². The van der Waals surface area contributed by atoms with E-state index in [1.165, 1.54) is 0 Å². The summed E-state index contributed by atoms with van der Waals surface area (Å²) in [5.41, 5.74) is 0.0463. The van der Waals surface area contributed by atoms with Gasteiger partial charge in [-0.05, 0) is 17.5 Å². The zero-order chi connectivity index (χ0) is 16.3. The minimum atomic E-state index is -0.294. The predicted molar refractivity (Wildman–Crippen MR) is 81.3 cm³/mol. The fourth-order valence-corrected chi connectivity index (χ4v) is 2.57. The molecule has 2 amide bonds. The molecule has 1 fully saturated rings. The van der Waals surface area contributed by atoms with E-state index in [1.54, 1.807) is 19.2 Å². The van der Waals surface area contributed by atoms with E-state index in [0.29, 0.717) is 31.9 Å². The second-order valence-electron chi connectivity index (χ2n) is 6.91. The Hall–Kier alpha value is -1.82. The van der Waals surface area contributed by atoms with Gasteiger partial charge in [-0.25, -0.2) is 0 Å². The summed E-state index contributed by atoms with van der Waals surface area (Å²) in [4.78, 5) is 26.0. The zero-order valence-corrected chi connectivity index (χ0v) is 13.6. The van der Waals surface area contributed by atoms with Crippen LogP contribution in [0.25, 0.3) is 0 Å². The number of rotatable bonds is 5. The molecule has 6 heteroatoms. The van der Waals surface area contributed by atoms with Gasteiger partial charge in [-0.1, -0.05) is 20.8 Å². The molecule has 1 aliphatic rings. The lowest BCUT2D eigenvalue weighted by atomic mass is 9.96. The summed E-state index contributed by atoms with van der Waals surface area (Å²) >= 11 is 0. The number of methoxy groups -OCH3 is 1. The maximum atomic E-state index is 12.1. The molecule has 1 unspecified atom stereocenters. The van der Waals surface area contributed by atoms with Crippen LogP contribution in [0.1, 0.15) is 43.5 Å². The Labute approximate surface area is 130 Å². The number of amides is 2. The van der Waals surface area contributed by atoms with E-state index < -0.39 is 0 Å². The molecule has 0 saturated carbocycles. The average molecular weight is 308 g/mol. The van der Waals surface area contributed by atoms with Gasteiger partial charge in [0.2, 0.25) is 5.91 Å². The number of hydrogen-bond acceptors (Lipinski definition) is 4. The Morgan fingerprint density at radius 3 is 2.82 bits per heavy atom. The Bertz CT molecular complexity index is 545. The molecule has 0 spiro atoms. The summed E-state index contributed by atoms with van der Waals surface area (Å²) in [5, 5.41) is 2.86. The van der Waals surface area contributed by atoms with E-state index in [4.69, 9.17) is 9.15 Å². The molecule has 1 aromatic heterocycles. The van der Waals surface area contributed by atoms with Gasteiger partial charge in [0.05, 0.1) is 6.04 Å². The lowest BCUT2D eigenvalue weighted by Crippen LogP contribution is -2.39. The quantitative estimate of drug-likeness (QED) is 0.900. The number of furan rings is 1. The van der Waals surface area contributed by atoms with Gasteiger partial charge in [0.1, 0.15) is 12.4 Å². The lowest BCUT2D eigenvalue weighted by molar-refractivity contribution is -0.128. The Morgan fingerprint density at radius 1 is 1.45 bits per heavy atom. The molecule has 122 valence electrons. The molecule has 22 heavy (non-hydrogen) atoms. The number of nitrogens with zero attached hydrogens (tertiary/aromatic N) is 1. The van der Waals surface area contributed by atoms with Crippen LogP contribution in [0.3, 0.4) is 0 Å². The van der Waals surface area contributed by atoms with E-state index >= 15 is 0 Å². The maximum Gasteiger partial charge on any atom is 0.287 e. The van der Waals surface area contributed by atoms with Crippen molar-refractivity contribution in [2.45, 2.75) is 39.8 Å². The number of nitrogens with one attached hydrogen (secondary N) is 1. The highest BCUT2D eigenvalue weighted by Gasteiger charge is 2.33. The van der Waals surface area contributed by atoms with E-state index in [2.05, 4.69) is 26.1 Å². The van der Waals surface area contributed by atoms with Crippen LogP contribution < -0.4 is 5.32 Å². The first-order valence-corrected chi connectivity index (χ1v) is 7.45. The van der Waals surface area contributed by atoms with Crippen LogP contribution in [-0.2, 0) is 16.1 Å². The van der Waals surface area contributed by atoms with Crippen LogP contribution in [0.15, 0.2) is 16.5 Å². The van der Waals surface area contributed by atoms with Crippen LogP contribution in [-0.4, -0.2) is 43.0 Å². The Morgan fingerprint density at radius 2 is 2.18 bits per heavy atom. The van der Waals surface area contributed by atoms with Crippen molar-refractivity contribution in [1.82, 2.24) is 10.2 Å². The summed E-state index contributed by atoms with van der Waals surface area (Å²) in [6, 6.07) is 3.16. The number of hydrogen-bond donors (Lipinski definition) is 1. The van der Waals surface area contributed by atoms with Crippen LogP contribution >= 0.6 is 0 Å². The smallest absolute Gasteiger partial charge is 0.287 e. The molecule has 1 N–H and O–H groups in total. The third-order valence-electron chi connectivity index (χ3n) is 3.39. The number of carbonyl (C=O) groups excluding carboxylic acids is 2. The van der Waals surface area contributed by atoms with Gasteiger partial charge in [0, 0.05) is 26.6 Å². The maximum absolute atomic E-state index is 12.1. The topological polar surface area (TPSA) is 71.8 Å². The fourth-order valence-electron chi connectivity index (χ4n) is 2.57. The molecular weight excluding hydrogens is 284 g/mol. The van der Waals surface area contributed by atoms with Crippen molar-refractivity contribution in [3.8, 4) is 0 Å². The average Bonchev–Trinajstić information content (AvgIpc) is 2.96. The first-order chi connectivity index (χ1) is 10.3. The monoisotopic (exact) mass is 308 g/mol. The third kappa shape index (κ3) is 4.34. The second-order valence-corrected chi connectivity index (χ2v) is 6.91. The van der Waals surface area contributed by atoms with Crippen molar-refractivity contribution >= 4 is 11.8 Å². The second kappa shape index (κ2) is 6.52. The van der Waals surface area contributed by atoms with Crippen molar-refractivity contribution in [2.24, 2.45) is 5.41 Å². The molecule has 6 nitrogen and oxygen atoms in total. The first-order valence-electron chi connectivity index (χ1n) is 7.45. The highest BCUT2D eigenvalue weighted by molar-refractivity contribution is 5.92. The van der Waals surface area contributed by atoms with Crippen molar-refractivity contribution < 1.29 is 18.7 Å². The molecule has 0 radical (unpaired) electrons. The van der Waals surface area contributed by atoms with Crippen LogP contribution in [0.2, 0.25) is 0 Å². The Kier molecular flexibility index (Phi) is 4.90. The minimum absolute atomic E-state index is 0.0463. The number of likely N-dealkylation sites (tertiary alicyclic amines) is 1. The molecule has 1 atom stereocenters. The zero-order valence-electron chi connectivity index (χ0n) is 13.6. The van der Waals surface area contributed by atoms with Gasteiger partial charge in [-0.2, -0.15) is 0 Å². The summed E-state index contributed by atoms with van der Waals surface area (Å²) in [6.45, 7) is 7.84. The highest BCUT2D eigenvalue weighted by Crippen LogP contribution is 2.20. The molecular formula is C16H24N2O4. The molecule has 2 rings (SSSR count). The SMILES string of the molecule is COCc1ccc(C(=O)NC2CC(=O)N(CC(C)(C)C)C2)o1. The third-order valence-corrected chi connectivity index (χ3v) is 3.39. The van der Waals surface area contributed by atoms with Gasteiger partial charge in [-0.3, -0.25) is 9.59 Å². The van der Waals surface area contributed by atoms with Gasteiger partial charge in [0.15, 0.2) is 5.76 Å². The molecule has 1 aromatic rings. The highest BCUT2D eigenvalue weighted by atomic mass is 16.5. The standard InChI is InChI=1S/C16H24N2O4/c1-16(2,3)10-18-8-11(7-14(18)19)17-15(20)13-6-5-12(22-13)9-21-4/h5-6,11H,7-10H2,1-4H3,(H,17,20). The number of ether oxygens (including phenoxy) is 1. The van der Waals surface area contributed by atoms with Crippen molar-refractivity contribution in [3.63, 3.8) is 0 Å². The minimum Gasteiger partial charge on any atom is -0.453 e. The van der Waals surface area contributed by atoms with E-state index in [1.807, 2.05) is 4.90 Å². The van der Waals surface area contributed by atoms with E-state index in [9.17, 15) is 9.59 Å². The number of carbonyl (C=O) groups is 2. The largest absolute Gasteiger partial charge is 0.453 e. The van der Waals surface area contributed by atoms with Crippen LogP contribution in [0.5, 0.6) is 0 Å². The van der Waals surface area contributed by atoms with Crippen molar-refractivity contribution in [3.05, 3.63) is 23.7 Å². The van der Waals surface area contributed by atoms with Crippen molar-refractivity contribution in [1.29, 1.82) is 0 Å². The molecule has 0 aromatic carbocycles. The predicted octanol–water partition coefficient (Wildman–Crippen LogP) is 1.80. The molecule has 0 aliphatic carbocycles.